The van der Waals surface area contributed by atoms with Crippen LogP contribution in [0.15, 0.2) is 24.3 Å². The van der Waals surface area contributed by atoms with Crippen LogP contribution in [0.5, 0.6) is 0 Å². The summed E-state index contributed by atoms with van der Waals surface area (Å²) in [6.45, 7) is 3.87. The molecule has 2 aliphatic heterocycles. The summed E-state index contributed by atoms with van der Waals surface area (Å²) in [5.74, 6) is -0.231. The Hall–Kier alpha value is -1.88. The first-order chi connectivity index (χ1) is 11.7. The number of amides is 2. The highest BCUT2D eigenvalue weighted by atomic mass is 16.2. The normalized spacial score (nSPS) is 22.5. The van der Waals surface area contributed by atoms with Crippen molar-refractivity contribution in [3.8, 4) is 0 Å². The van der Waals surface area contributed by atoms with Crippen LogP contribution in [0.3, 0.4) is 0 Å². The maximum absolute atomic E-state index is 12.5. The highest BCUT2D eigenvalue weighted by Crippen LogP contribution is 2.14. The van der Waals surface area contributed by atoms with Gasteiger partial charge in [-0.05, 0) is 56.5 Å². The average molecular weight is 329 g/mol. The molecule has 0 unspecified atom stereocenters. The molecule has 24 heavy (non-hydrogen) atoms. The van der Waals surface area contributed by atoms with Gasteiger partial charge in [0.05, 0.1) is 0 Å². The Balaban J connectivity index is 1.61. The molecular formula is C19H27N3O2. The van der Waals surface area contributed by atoms with Gasteiger partial charge in [-0.2, -0.15) is 0 Å². The van der Waals surface area contributed by atoms with Crippen molar-refractivity contribution in [1.82, 2.24) is 15.5 Å². The van der Waals surface area contributed by atoms with Crippen LogP contribution in [0.1, 0.15) is 54.4 Å². The zero-order chi connectivity index (χ0) is 16.8. The lowest BCUT2D eigenvalue weighted by molar-refractivity contribution is -0.124. The summed E-state index contributed by atoms with van der Waals surface area (Å²) in [4.78, 5) is 26.7. The van der Waals surface area contributed by atoms with Gasteiger partial charge in [-0.15, -0.1) is 0 Å². The molecule has 0 saturated carbocycles. The van der Waals surface area contributed by atoms with Gasteiger partial charge >= 0.3 is 0 Å². The summed E-state index contributed by atoms with van der Waals surface area (Å²) in [7, 11) is 0. The Bertz CT molecular complexity index is 580. The van der Waals surface area contributed by atoms with Crippen molar-refractivity contribution in [1.29, 1.82) is 0 Å². The van der Waals surface area contributed by atoms with Crippen molar-refractivity contribution in [3.63, 3.8) is 0 Å². The van der Waals surface area contributed by atoms with Crippen molar-refractivity contribution in [3.05, 3.63) is 35.4 Å². The largest absolute Gasteiger partial charge is 0.354 e. The zero-order valence-corrected chi connectivity index (χ0v) is 14.2. The molecule has 130 valence electrons. The quantitative estimate of drug-likeness (QED) is 0.889. The second-order valence-electron chi connectivity index (χ2n) is 6.85. The van der Waals surface area contributed by atoms with Gasteiger partial charge in [-0.3, -0.25) is 14.5 Å². The molecule has 0 aliphatic carbocycles. The van der Waals surface area contributed by atoms with Crippen LogP contribution in [0.4, 0.5) is 0 Å². The average Bonchev–Trinajstić information content (AvgIpc) is 2.86. The lowest BCUT2D eigenvalue weighted by Crippen LogP contribution is -2.50. The summed E-state index contributed by atoms with van der Waals surface area (Å²) in [6.07, 6.45) is 6.79. The fourth-order valence-corrected chi connectivity index (χ4v) is 3.51. The topological polar surface area (TPSA) is 61.4 Å². The Morgan fingerprint density at radius 2 is 1.96 bits per heavy atom. The van der Waals surface area contributed by atoms with Crippen LogP contribution in [0, 0.1) is 0 Å². The highest BCUT2D eigenvalue weighted by molar-refractivity contribution is 5.97. The third-order valence-electron chi connectivity index (χ3n) is 4.88. The molecule has 2 fully saturated rings. The van der Waals surface area contributed by atoms with Crippen molar-refractivity contribution in [2.45, 2.75) is 51.1 Å². The predicted octanol–water partition coefficient (Wildman–Crippen LogP) is 2.07. The van der Waals surface area contributed by atoms with E-state index in [-0.39, 0.29) is 11.8 Å². The third kappa shape index (κ3) is 4.57. The van der Waals surface area contributed by atoms with Gasteiger partial charge in [0.15, 0.2) is 0 Å². The van der Waals surface area contributed by atoms with Crippen LogP contribution in [0.25, 0.3) is 0 Å². The van der Waals surface area contributed by atoms with E-state index in [9.17, 15) is 9.59 Å². The molecule has 5 nitrogen and oxygen atoms in total. The first-order valence-electron chi connectivity index (χ1n) is 9.12. The molecule has 2 N–H and O–H groups in total. The first-order valence-corrected chi connectivity index (χ1v) is 9.12. The van der Waals surface area contributed by atoms with Gasteiger partial charge in [0.2, 0.25) is 5.91 Å². The fraction of sp³-hybridized carbons (Fsp3) is 0.579. The molecule has 0 bridgehead atoms. The molecular weight excluding hydrogens is 302 g/mol. The lowest BCUT2D eigenvalue weighted by Gasteiger charge is -2.23. The minimum absolute atomic E-state index is 0.0738. The molecule has 0 spiro atoms. The number of likely N-dealkylation sites (tertiary alicyclic amines) is 1. The molecule has 5 heteroatoms. The van der Waals surface area contributed by atoms with Crippen LogP contribution in [-0.4, -0.2) is 42.4 Å². The molecule has 2 aliphatic rings. The summed E-state index contributed by atoms with van der Waals surface area (Å²) in [5.41, 5.74) is 1.80. The van der Waals surface area contributed by atoms with Gasteiger partial charge in [0.25, 0.3) is 5.91 Å². The van der Waals surface area contributed by atoms with Crippen molar-refractivity contribution in [2.75, 3.05) is 19.6 Å². The van der Waals surface area contributed by atoms with Crippen molar-refractivity contribution >= 4 is 11.8 Å². The summed E-state index contributed by atoms with van der Waals surface area (Å²) >= 11 is 0. The van der Waals surface area contributed by atoms with Gasteiger partial charge in [0.1, 0.15) is 6.04 Å². The van der Waals surface area contributed by atoms with Gasteiger partial charge in [-0.1, -0.05) is 25.0 Å². The van der Waals surface area contributed by atoms with Crippen molar-refractivity contribution in [2.24, 2.45) is 0 Å². The maximum atomic E-state index is 12.5. The molecule has 1 atom stereocenters. The summed E-state index contributed by atoms with van der Waals surface area (Å²) in [5, 5.41) is 5.66. The van der Waals surface area contributed by atoms with E-state index in [1.165, 1.54) is 25.7 Å². The number of hydrogen-bond acceptors (Lipinski definition) is 3. The molecule has 0 aromatic heterocycles. The minimum Gasteiger partial charge on any atom is -0.354 e. The van der Waals surface area contributed by atoms with E-state index in [1.807, 2.05) is 18.2 Å². The number of piperidine rings is 1. The third-order valence-corrected chi connectivity index (χ3v) is 4.88. The van der Waals surface area contributed by atoms with E-state index in [1.54, 1.807) is 0 Å². The Morgan fingerprint density at radius 1 is 1.17 bits per heavy atom. The fourth-order valence-electron chi connectivity index (χ4n) is 3.51. The molecule has 2 saturated heterocycles. The predicted molar refractivity (Wildman–Crippen MR) is 93.7 cm³/mol. The number of carbonyl (C=O) groups is 2. The van der Waals surface area contributed by atoms with E-state index in [2.05, 4.69) is 21.6 Å². The molecule has 2 amide bonds. The smallest absolute Gasteiger partial charge is 0.251 e. The number of rotatable bonds is 4. The van der Waals surface area contributed by atoms with Crippen LogP contribution >= 0.6 is 0 Å². The molecule has 0 radical (unpaired) electrons. The number of carbonyl (C=O) groups excluding carboxylic acids is 2. The Labute approximate surface area is 143 Å². The summed E-state index contributed by atoms with van der Waals surface area (Å²) in [6, 6.07) is 7.39. The SMILES string of the molecule is O=C(N[C@@H]1CCCNC1=O)c1cccc(CN2CCCCCC2)c1. The minimum atomic E-state index is -0.402. The number of benzene rings is 1. The number of nitrogens with one attached hydrogen (secondary N) is 2. The van der Waals surface area contributed by atoms with E-state index in [4.69, 9.17) is 0 Å². The maximum Gasteiger partial charge on any atom is 0.251 e. The van der Waals surface area contributed by atoms with E-state index in [0.29, 0.717) is 18.5 Å². The Morgan fingerprint density at radius 3 is 2.71 bits per heavy atom. The van der Waals surface area contributed by atoms with Gasteiger partial charge in [-0.25, -0.2) is 0 Å². The Kier molecular flexibility index (Phi) is 5.86. The molecule has 2 heterocycles. The molecule has 3 rings (SSSR count). The number of hydrogen-bond donors (Lipinski definition) is 2. The second-order valence-corrected chi connectivity index (χ2v) is 6.85. The van der Waals surface area contributed by atoms with E-state index >= 15 is 0 Å². The van der Waals surface area contributed by atoms with Gasteiger partial charge in [0, 0.05) is 18.7 Å². The zero-order valence-electron chi connectivity index (χ0n) is 14.2. The van der Waals surface area contributed by atoms with Crippen LogP contribution < -0.4 is 10.6 Å². The molecule has 1 aromatic rings. The van der Waals surface area contributed by atoms with E-state index in [0.717, 1.165) is 31.6 Å². The highest BCUT2D eigenvalue weighted by Gasteiger charge is 2.24. The first kappa shape index (κ1) is 17.0. The standard InChI is InChI=1S/C19H27N3O2/c23-18(21-17-9-6-10-20-19(17)24)16-8-5-7-15(13-16)14-22-11-3-1-2-4-12-22/h5,7-8,13,17H,1-4,6,9-12,14H2,(H,20,24)(H,21,23)/t17-/m1/s1. The monoisotopic (exact) mass is 329 g/mol. The van der Waals surface area contributed by atoms with Crippen LogP contribution in [-0.2, 0) is 11.3 Å². The number of nitrogens with zero attached hydrogens (tertiary/aromatic N) is 1. The van der Waals surface area contributed by atoms with E-state index < -0.39 is 6.04 Å². The van der Waals surface area contributed by atoms with Crippen LogP contribution in [0.2, 0.25) is 0 Å². The second kappa shape index (κ2) is 8.29. The summed E-state index contributed by atoms with van der Waals surface area (Å²) < 4.78 is 0. The lowest BCUT2D eigenvalue weighted by atomic mass is 10.1. The van der Waals surface area contributed by atoms with Gasteiger partial charge < -0.3 is 10.6 Å². The molecule has 1 aromatic carbocycles. The van der Waals surface area contributed by atoms with Crippen molar-refractivity contribution < 1.29 is 9.59 Å².